The van der Waals surface area contributed by atoms with Crippen molar-refractivity contribution < 1.29 is 17.9 Å². The van der Waals surface area contributed by atoms with Gasteiger partial charge in [-0.15, -0.1) is 0 Å². The minimum absolute atomic E-state index is 0.0295. The summed E-state index contributed by atoms with van der Waals surface area (Å²) in [6, 6.07) is 7.76. The zero-order valence-corrected chi connectivity index (χ0v) is 18.2. The van der Waals surface area contributed by atoms with Crippen molar-refractivity contribution in [1.29, 1.82) is 0 Å². The Hall–Kier alpha value is -1.81. The number of aryl methyl sites for hydroxylation is 1. The van der Waals surface area contributed by atoms with Crippen molar-refractivity contribution in [2.75, 3.05) is 6.61 Å². The van der Waals surface area contributed by atoms with E-state index in [0.29, 0.717) is 18.6 Å². The van der Waals surface area contributed by atoms with Crippen LogP contribution in [0.5, 0.6) is 0 Å². The van der Waals surface area contributed by atoms with E-state index in [1.807, 2.05) is 6.92 Å². The van der Waals surface area contributed by atoms with Crippen LogP contribution in [-0.2, 0) is 11.2 Å². The van der Waals surface area contributed by atoms with E-state index in [-0.39, 0.29) is 23.1 Å². The Kier molecular flexibility index (Phi) is 8.38. The highest BCUT2D eigenvalue weighted by Crippen LogP contribution is 2.35. The molecule has 1 aliphatic heterocycles. The van der Waals surface area contributed by atoms with Gasteiger partial charge in [0, 0.05) is 17.0 Å². The molecule has 1 saturated heterocycles. The number of hydrogen-bond donors (Lipinski definition) is 0. The second-order valence-corrected chi connectivity index (χ2v) is 8.43. The van der Waals surface area contributed by atoms with Gasteiger partial charge in [0.05, 0.1) is 12.7 Å². The van der Waals surface area contributed by atoms with Crippen molar-refractivity contribution >= 4 is 0 Å². The summed E-state index contributed by atoms with van der Waals surface area (Å²) >= 11 is 0. The van der Waals surface area contributed by atoms with Crippen LogP contribution in [0.1, 0.15) is 82.3 Å². The van der Waals surface area contributed by atoms with E-state index in [1.54, 1.807) is 12.1 Å². The van der Waals surface area contributed by atoms with Gasteiger partial charge in [0.15, 0.2) is 11.6 Å². The Morgan fingerprint density at radius 3 is 2.30 bits per heavy atom. The van der Waals surface area contributed by atoms with E-state index >= 15 is 0 Å². The van der Waals surface area contributed by atoms with Gasteiger partial charge in [-0.3, -0.25) is 0 Å². The maximum atomic E-state index is 14.9. The van der Waals surface area contributed by atoms with Crippen LogP contribution >= 0.6 is 0 Å². The van der Waals surface area contributed by atoms with Crippen LogP contribution in [0.4, 0.5) is 13.2 Å². The van der Waals surface area contributed by atoms with Crippen molar-refractivity contribution in [3.05, 3.63) is 58.9 Å². The lowest BCUT2D eigenvalue weighted by molar-refractivity contribution is -0.00283. The zero-order valence-electron chi connectivity index (χ0n) is 18.2. The first-order chi connectivity index (χ1) is 14.5. The summed E-state index contributed by atoms with van der Waals surface area (Å²) in [5.74, 6) is -2.54. The molecule has 0 saturated carbocycles. The highest BCUT2D eigenvalue weighted by Gasteiger charge is 2.27. The SMILES string of the molecule is CCCCCCCC1CCC(c2ccc(-c3ccc(CC)cc3F)c(F)c2F)CO1. The molecule has 0 amide bonds. The lowest BCUT2D eigenvalue weighted by Crippen LogP contribution is -2.25. The molecule has 0 spiro atoms. The minimum Gasteiger partial charge on any atom is -0.378 e. The third kappa shape index (κ3) is 5.46. The van der Waals surface area contributed by atoms with E-state index in [1.165, 1.54) is 43.9 Å². The first-order valence-corrected chi connectivity index (χ1v) is 11.4. The van der Waals surface area contributed by atoms with Crippen molar-refractivity contribution in [2.45, 2.75) is 83.7 Å². The summed E-state index contributed by atoms with van der Waals surface area (Å²) in [5.41, 5.74) is 1.23. The fraction of sp³-hybridized carbons (Fsp3) is 0.538. The maximum Gasteiger partial charge on any atom is 0.167 e. The van der Waals surface area contributed by atoms with Gasteiger partial charge >= 0.3 is 0 Å². The number of unbranched alkanes of at least 4 members (excludes halogenated alkanes) is 4. The summed E-state index contributed by atoms with van der Waals surface area (Å²) in [6.07, 6.45) is 9.78. The maximum absolute atomic E-state index is 14.9. The second kappa shape index (κ2) is 11.0. The molecule has 1 heterocycles. The summed E-state index contributed by atoms with van der Waals surface area (Å²) in [4.78, 5) is 0. The predicted molar refractivity (Wildman–Crippen MR) is 116 cm³/mol. The van der Waals surface area contributed by atoms with Gasteiger partial charge in [-0.1, -0.05) is 70.2 Å². The van der Waals surface area contributed by atoms with Gasteiger partial charge in [-0.2, -0.15) is 0 Å². The predicted octanol–water partition coefficient (Wildman–Crippen LogP) is 7.96. The Labute approximate surface area is 178 Å². The Balaban J connectivity index is 1.64. The molecule has 1 fully saturated rings. The number of ether oxygens (including phenoxy) is 1. The van der Waals surface area contributed by atoms with Crippen LogP contribution in [0.3, 0.4) is 0 Å². The summed E-state index contributed by atoms with van der Waals surface area (Å²) in [7, 11) is 0. The topological polar surface area (TPSA) is 9.23 Å². The van der Waals surface area contributed by atoms with Crippen molar-refractivity contribution in [3.63, 3.8) is 0 Å². The lowest BCUT2D eigenvalue weighted by atomic mass is 9.88. The molecule has 2 aromatic rings. The molecular formula is C26H33F3O. The Morgan fingerprint density at radius 1 is 0.867 bits per heavy atom. The largest absolute Gasteiger partial charge is 0.378 e. The average molecular weight is 419 g/mol. The molecule has 4 heteroatoms. The summed E-state index contributed by atoms with van der Waals surface area (Å²) in [5, 5.41) is 0. The number of halogens is 3. The highest BCUT2D eigenvalue weighted by atomic mass is 19.2. The highest BCUT2D eigenvalue weighted by molar-refractivity contribution is 5.66. The van der Waals surface area contributed by atoms with Gasteiger partial charge in [0.1, 0.15) is 5.82 Å². The molecule has 1 aliphatic rings. The molecule has 30 heavy (non-hydrogen) atoms. The number of rotatable bonds is 9. The fourth-order valence-corrected chi connectivity index (χ4v) is 4.34. The van der Waals surface area contributed by atoms with E-state index in [0.717, 1.165) is 31.2 Å². The molecule has 2 unspecified atom stereocenters. The average Bonchev–Trinajstić information content (AvgIpc) is 2.76. The van der Waals surface area contributed by atoms with Crippen LogP contribution in [0.2, 0.25) is 0 Å². The number of hydrogen-bond acceptors (Lipinski definition) is 1. The molecule has 0 N–H and O–H groups in total. The Bertz CT molecular complexity index is 825. The van der Waals surface area contributed by atoms with E-state index < -0.39 is 17.5 Å². The third-order valence-corrected chi connectivity index (χ3v) is 6.28. The molecule has 164 valence electrons. The quantitative estimate of drug-likeness (QED) is 0.375. The van der Waals surface area contributed by atoms with E-state index in [2.05, 4.69) is 6.92 Å². The van der Waals surface area contributed by atoms with Crippen molar-refractivity contribution in [3.8, 4) is 11.1 Å². The third-order valence-electron chi connectivity index (χ3n) is 6.28. The summed E-state index contributed by atoms with van der Waals surface area (Å²) in [6.45, 7) is 4.54. The van der Waals surface area contributed by atoms with Crippen LogP contribution in [0, 0.1) is 17.5 Å². The van der Waals surface area contributed by atoms with Crippen LogP contribution in [-0.4, -0.2) is 12.7 Å². The second-order valence-electron chi connectivity index (χ2n) is 8.43. The van der Waals surface area contributed by atoms with Gasteiger partial charge < -0.3 is 4.74 Å². The fourth-order valence-electron chi connectivity index (χ4n) is 4.34. The zero-order chi connectivity index (χ0) is 21.5. The van der Waals surface area contributed by atoms with Gasteiger partial charge in [-0.25, -0.2) is 13.2 Å². The van der Waals surface area contributed by atoms with Gasteiger partial charge in [0.2, 0.25) is 0 Å². The van der Waals surface area contributed by atoms with Crippen molar-refractivity contribution in [2.24, 2.45) is 0 Å². The van der Waals surface area contributed by atoms with Crippen LogP contribution < -0.4 is 0 Å². The van der Waals surface area contributed by atoms with E-state index in [9.17, 15) is 13.2 Å². The van der Waals surface area contributed by atoms with Crippen LogP contribution in [0.15, 0.2) is 30.3 Å². The molecule has 2 aromatic carbocycles. The standard InChI is InChI=1S/C26H33F3O/c1-3-5-6-7-8-9-20-12-11-19(17-30-20)21-14-15-23(26(29)25(21)28)22-13-10-18(4-2)16-24(22)27/h10,13-16,19-20H,3-9,11-12,17H2,1-2H3. The van der Waals surface area contributed by atoms with Gasteiger partial charge in [0.25, 0.3) is 0 Å². The smallest absolute Gasteiger partial charge is 0.167 e. The lowest BCUT2D eigenvalue weighted by Gasteiger charge is -2.30. The molecular weight excluding hydrogens is 385 g/mol. The minimum atomic E-state index is -0.978. The monoisotopic (exact) mass is 418 g/mol. The van der Waals surface area contributed by atoms with Crippen LogP contribution in [0.25, 0.3) is 11.1 Å². The molecule has 0 aliphatic carbocycles. The molecule has 0 aromatic heterocycles. The first kappa shape index (κ1) is 22.9. The van der Waals surface area contributed by atoms with Crippen molar-refractivity contribution in [1.82, 2.24) is 0 Å². The summed E-state index contributed by atoms with van der Waals surface area (Å²) < 4.78 is 50.1. The first-order valence-electron chi connectivity index (χ1n) is 11.4. The Morgan fingerprint density at radius 2 is 1.63 bits per heavy atom. The van der Waals surface area contributed by atoms with E-state index in [4.69, 9.17) is 4.74 Å². The molecule has 0 bridgehead atoms. The molecule has 0 radical (unpaired) electrons. The molecule has 3 rings (SSSR count). The molecule has 1 nitrogen and oxygen atoms in total. The molecule has 2 atom stereocenters. The normalized spacial score (nSPS) is 19.2. The number of benzene rings is 2. The van der Waals surface area contributed by atoms with Gasteiger partial charge in [-0.05, 0) is 42.9 Å².